The summed E-state index contributed by atoms with van der Waals surface area (Å²) in [4.78, 5) is 3.29. The van der Waals surface area contributed by atoms with Gasteiger partial charge in [0, 0.05) is 17.3 Å². The number of imidazole rings is 1. The number of nitrogens with one attached hydrogen (secondary N) is 2. The van der Waals surface area contributed by atoms with E-state index in [4.69, 9.17) is 30.5 Å². The van der Waals surface area contributed by atoms with Gasteiger partial charge < -0.3 is 29.2 Å². The van der Waals surface area contributed by atoms with Crippen LogP contribution in [-0.2, 0) is 0 Å². The molecule has 0 aliphatic heterocycles. The van der Waals surface area contributed by atoms with Gasteiger partial charge in [-0.15, -0.1) is 0 Å². The molecule has 0 aliphatic carbocycles. The normalized spacial score (nSPS) is 10.6. The van der Waals surface area contributed by atoms with E-state index in [9.17, 15) is 5.26 Å². The molecule has 2 aromatic carbocycles. The van der Waals surface area contributed by atoms with Crippen LogP contribution in [0.2, 0.25) is 5.02 Å². The lowest BCUT2D eigenvalue weighted by atomic mass is 10.1. The third kappa shape index (κ3) is 3.50. The Balaban J connectivity index is 1.93. The van der Waals surface area contributed by atoms with Gasteiger partial charge in [0.1, 0.15) is 17.4 Å². The predicted molar refractivity (Wildman–Crippen MR) is 121 cm³/mol. The van der Waals surface area contributed by atoms with E-state index in [1.807, 2.05) is 18.2 Å². The molecule has 2 aromatic heterocycles. The van der Waals surface area contributed by atoms with Crippen LogP contribution in [0.4, 0.5) is 11.5 Å². The van der Waals surface area contributed by atoms with E-state index in [2.05, 4.69) is 21.5 Å². The lowest BCUT2D eigenvalue weighted by Crippen LogP contribution is -1.99. The van der Waals surface area contributed by atoms with Crippen molar-refractivity contribution >= 4 is 28.8 Å². The zero-order valence-electron chi connectivity index (χ0n) is 17.8. The molecule has 164 valence electrons. The van der Waals surface area contributed by atoms with Gasteiger partial charge in [-0.05, 0) is 24.3 Å². The number of H-pyrrole nitrogens is 1. The van der Waals surface area contributed by atoms with Gasteiger partial charge in [0.05, 0.1) is 45.4 Å². The molecule has 2 N–H and O–H groups in total. The van der Waals surface area contributed by atoms with Crippen LogP contribution in [0.1, 0.15) is 5.56 Å². The Labute approximate surface area is 189 Å². The van der Waals surface area contributed by atoms with Gasteiger partial charge in [-0.25, -0.2) is 0 Å². The summed E-state index contributed by atoms with van der Waals surface area (Å²) in [5.41, 5.74) is 3.06. The number of rotatable bonds is 7. The van der Waals surface area contributed by atoms with Crippen LogP contribution in [-0.4, -0.2) is 43.0 Å². The standard InChI is InChI=1S/C22H20ClN5O4/c1-29-16-9-14(5-6-15(16)23)26-22-19(27-21-13(10-24)11-25-28(21)22)12-7-17(30-2)20(32-4)18(8-12)31-3/h5-9,11,26-27H,1-4H3. The highest BCUT2D eigenvalue weighted by molar-refractivity contribution is 6.32. The van der Waals surface area contributed by atoms with Crippen LogP contribution in [0.25, 0.3) is 16.9 Å². The second kappa shape index (κ2) is 8.61. The van der Waals surface area contributed by atoms with Gasteiger partial charge >= 0.3 is 0 Å². The molecule has 0 unspecified atom stereocenters. The Kier molecular flexibility index (Phi) is 5.71. The molecule has 0 fully saturated rings. The molecular weight excluding hydrogens is 434 g/mol. The fourth-order valence-electron chi connectivity index (χ4n) is 3.43. The number of hydrogen-bond donors (Lipinski definition) is 2. The molecule has 0 aliphatic rings. The van der Waals surface area contributed by atoms with Crippen molar-refractivity contribution in [1.82, 2.24) is 14.6 Å². The Morgan fingerprint density at radius 1 is 1.00 bits per heavy atom. The molecule has 0 saturated carbocycles. The fourth-order valence-corrected chi connectivity index (χ4v) is 3.62. The zero-order valence-corrected chi connectivity index (χ0v) is 18.6. The third-order valence-corrected chi connectivity index (χ3v) is 5.26. The highest BCUT2D eigenvalue weighted by Crippen LogP contribution is 2.43. The van der Waals surface area contributed by atoms with Crippen LogP contribution >= 0.6 is 11.6 Å². The minimum atomic E-state index is 0.403. The molecule has 32 heavy (non-hydrogen) atoms. The van der Waals surface area contributed by atoms with E-state index in [-0.39, 0.29) is 0 Å². The summed E-state index contributed by atoms with van der Waals surface area (Å²) < 4.78 is 23.4. The average Bonchev–Trinajstić information content (AvgIpc) is 3.38. The van der Waals surface area contributed by atoms with Crippen molar-refractivity contribution in [3.8, 4) is 40.3 Å². The molecule has 4 rings (SSSR count). The molecule has 0 bridgehead atoms. The summed E-state index contributed by atoms with van der Waals surface area (Å²) in [5.74, 6) is 2.59. The summed E-state index contributed by atoms with van der Waals surface area (Å²) in [6, 6.07) is 11.1. The van der Waals surface area contributed by atoms with E-state index in [0.29, 0.717) is 50.7 Å². The molecule has 0 saturated heterocycles. The van der Waals surface area contributed by atoms with Crippen molar-refractivity contribution in [2.45, 2.75) is 0 Å². The van der Waals surface area contributed by atoms with Crippen molar-refractivity contribution in [3.63, 3.8) is 0 Å². The van der Waals surface area contributed by atoms with Crippen molar-refractivity contribution in [2.24, 2.45) is 0 Å². The molecule has 0 radical (unpaired) electrons. The van der Waals surface area contributed by atoms with Crippen LogP contribution < -0.4 is 24.3 Å². The average molecular weight is 454 g/mol. The van der Waals surface area contributed by atoms with Crippen LogP contribution in [0.3, 0.4) is 0 Å². The number of aromatic amines is 1. The lowest BCUT2D eigenvalue weighted by Gasteiger charge is -2.15. The van der Waals surface area contributed by atoms with Gasteiger partial charge in [0.25, 0.3) is 0 Å². The summed E-state index contributed by atoms with van der Waals surface area (Å²) in [5, 5.41) is 17.7. The molecule has 0 amide bonds. The number of methoxy groups -OCH3 is 4. The quantitative estimate of drug-likeness (QED) is 0.420. The number of benzene rings is 2. The molecule has 4 aromatic rings. The molecule has 10 heteroatoms. The summed E-state index contributed by atoms with van der Waals surface area (Å²) in [6.07, 6.45) is 1.50. The molecular formula is C22H20ClN5O4. The Bertz CT molecular complexity index is 1310. The van der Waals surface area contributed by atoms with E-state index in [1.165, 1.54) is 6.20 Å². The van der Waals surface area contributed by atoms with Gasteiger partial charge in [-0.1, -0.05) is 11.6 Å². The molecule has 9 nitrogen and oxygen atoms in total. The number of nitriles is 1. The molecule has 0 spiro atoms. The lowest BCUT2D eigenvalue weighted by molar-refractivity contribution is 0.324. The topological polar surface area (TPSA) is 106 Å². The molecule has 2 heterocycles. The first-order chi connectivity index (χ1) is 15.5. The van der Waals surface area contributed by atoms with E-state index < -0.39 is 0 Å². The smallest absolute Gasteiger partial charge is 0.203 e. The number of aromatic nitrogens is 3. The number of hydrogen-bond acceptors (Lipinski definition) is 7. The van der Waals surface area contributed by atoms with Crippen molar-refractivity contribution in [2.75, 3.05) is 33.8 Å². The number of anilines is 2. The maximum atomic E-state index is 9.48. The summed E-state index contributed by atoms with van der Waals surface area (Å²) >= 11 is 6.17. The van der Waals surface area contributed by atoms with E-state index >= 15 is 0 Å². The minimum Gasteiger partial charge on any atom is -0.495 e. The predicted octanol–water partition coefficient (Wildman–Crippen LogP) is 4.63. The first-order valence-corrected chi connectivity index (χ1v) is 9.83. The minimum absolute atomic E-state index is 0.403. The largest absolute Gasteiger partial charge is 0.495 e. The molecule has 0 atom stereocenters. The second-order valence-corrected chi connectivity index (χ2v) is 7.07. The Morgan fingerprint density at radius 2 is 1.69 bits per heavy atom. The van der Waals surface area contributed by atoms with Crippen molar-refractivity contribution in [1.29, 1.82) is 5.26 Å². The van der Waals surface area contributed by atoms with Crippen molar-refractivity contribution in [3.05, 3.63) is 47.1 Å². The third-order valence-electron chi connectivity index (χ3n) is 4.95. The fraction of sp³-hybridized carbons (Fsp3) is 0.182. The first-order valence-electron chi connectivity index (χ1n) is 9.45. The highest BCUT2D eigenvalue weighted by Gasteiger charge is 2.21. The summed E-state index contributed by atoms with van der Waals surface area (Å²) in [7, 11) is 6.20. The van der Waals surface area contributed by atoms with Gasteiger partial charge in [0.2, 0.25) is 5.75 Å². The van der Waals surface area contributed by atoms with E-state index in [0.717, 1.165) is 11.3 Å². The second-order valence-electron chi connectivity index (χ2n) is 6.67. The number of nitrogens with zero attached hydrogens (tertiary/aromatic N) is 3. The number of ether oxygens (including phenoxy) is 4. The Hall–Kier alpha value is -4.03. The maximum Gasteiger partial charge on any atom is 0.203 e. The van der Waals surface area contributed by atoms with Crippen LogP contribution in [0, 0.1) is 11.3 Å². The highest BCUT2D eigenvalue weighted by atomic mass is 35.5. The zero-order chi connectivity index (χ0) is 22.8. The van der Waals surface area contributed by atoms with Gasteiger partial charge in [-0.2, -0.15) is 14.9 Å². The van der Waals surface area contributed by atoms with E-state index in [1.54, 1.807) is 45.1 Å². The SMILES string of the molecule is COc1cc(Nc2c(-c3cc(OC)c(OC)c(OC)c3)[nH]c3c(C#N)cnn23)ccc1Cl. The number of halogens is 1. The van der Waals surface area contributed by atoms with Crippen LogP contribution in [0.5, 0.6) is 23.0 Å². The van der Waals surface area contributed by atoms with Crippen LogP contribution in [0.15, 0.2) is 36.5 Å². The monoisotopic (exact) mass is 453 g/mol. The van der Waals surface area contributed by atoms with Crippen molar-refractivity contribution < 1.29 is 18.9 Å². The maximum absolute atomic E-state index is 9.48. The Morgan fingerprint density at radius 3 is 2.28 bits per heavy atom. The van der Waals surface area contributed by atoms with Gasteiger partial charge in [0.15, 0.2) is 23.0 Å². The summed E-state index contributed by atoms with van der Waals surface area (Å²) in [6.45, 7) is 0. The first kappa shape index (κ1) is 21.2. The van der Waals surface area contributed by atoms with Gasteiger partial charge in [-0.3, -0.25) is 0 Å². The number of fused-ring (bicyclic) bond motifs is 1.